The number of anilines is 1. The van der Waals surface area contributed by atoms with E-state index < -0.39 is 67.1 Å². The third kappa shape index (κ3) is 8.54. The van der Waals surface area contributed by atoms with Gasteiger partial charge < -0.3 is 40.9 Å². The summed E-state index contributed by atoms with van der Waals surface area (Å²) in [6.45, 7) is 0.404. The second kappa shape index (κ2) is 14.6. The summed E-state index contributed by atoms with van der Waals surface area (Å²) < 4.78 is 5.04. The van der Waals surface area contributed by atoms with E-state index in [1.807, 2.05) is 0 Å². The highest BCUT2D eigenvalue weighted by Crippen LogP contribution is 2.19. The zero-order chi connectivity index (χ0) is 30.1. The van der Waals surface area contributed by atoms with Gasteiger partial charge in [0.2, 0.25) is 5.91 Å². The molecule has 14 heteroatoms. The number of amides is 3. The maximum atomic E-state index is 12.4. The molecule has 10 N–H and O–H groups in total. The van der Waals surface area contributed by atoms with Gasteiger partial charge >= 0.3 is 0 Å². The van der Waals surface area contributed by atoms with Crippen LogP contribution in [0.4, 0.5) is 5.69 Å². The maximum Gasteiger partial charge on any atom is 0.268 e. The number of hydroxylamine groups is 1. The maximum absolute atomic E-state index is 12.4. The van der Waals surface area contributed by atoms with Gasteiger partial charge in [0.1, 0.15) is 24.4 Å². The Hall–Kier alpha value is -3.91. The fraction of sp³-hybridized carbons (Fsp3) is 0.370. The Kier molecular flexibility index (Phi) is 11.3. The first-order chi connectivity index (χ1) is 19.5. The van der Waals surface area contributed by atoms with Crippen molar-refractivity contribution in [2.24, 2.45) is 0 Å². The Morgan fingerprint density at radius 3 is 2.07 bits per heavy atom. The first-order valence-corrected chi connectivity index (χ1v) is 12.5. The van der Waals surface area contributed by atoms with Crippen molar-refractivity contribution in [2.75, 3.05) is 18.5 Å². The summed E-state index contributed by atoms with van der Waals surface area (Å²) in [6.07, 6.45) is -6.81. The van der Waals surface area contributed by atoms with E-state index in [4.69, 9.17) is 15.1 Å². The Morgan fingerprint density at radius 2 is 1.54 bits per heavy atom. The van der Waals surface area contributed by atoms with Gasteiger partial charge in [-0.1, -0.05) is 11.8 Å². The summed E-state index contributed by atoms with van der Waals surface area (Å²) in [6, 6.07) is 10.3. The van der Waals surface area contributed by atoms with Crippen LogP contribution in [0.1, 0.15) is 28.4 Å². The topological polar surface area (TPSA) is 230 Å². The third-order valence-electron chi connectivity index (χ3n) is 6.23. The molecule has 2 aromatic carbocycles. The molecule has 1 unspecified atom stereocenters. The highest BCUT2D eigenvalue weighted by Gasteiger charge is 2.43. The van der Waals surface area contributed by atoms with Crippen LogP contribution < -0.4 is 21.4 Å². The highest BCUT2D eigenvalue weighted by molar-refractivity contribution is 5.97. The molecule has 14 nitrogen and oxygen atoms in total. The number of aliphatic hydroxyl groups is 5. The summed E-state index contributed by atoms with van der Waals surface area (Å²) in [5.74, 6) is 3.83. The summed E-state index contributed by atoms with van der Waals surface area (Å²) in [5.41, 5.74) is 3.30. The second-order valence-electron chi connectivity index (χ2n) is 9.26. The fourth-order valence-electron chi connectivity index (χ4n) is 3.92. The molecule has 0 radical (unpaired) electrons. The molecule has 1 fully saturated rings. The lowest BCUT2D eigenvalue weighted by Crippen LogP contribution is -2.63. The van der Waals surface area contributed by atoms with Crippen LogP contribution in [0.2, 0.25) is 0 Å². The van der Waals surface area contributed by atoms with Gasteiger partial charge in [0, 0.05) is 22.4 Å². The van der Waals surface area contributed by atoms with Gasteiger partial charge in [0.05, 0.1) is 25.3 Å². The van der Waals surface area contributed by atoms with Gasteiger partial charge in [-0.2, -0.15) is 0 Å². The molecule has 1 aliphatic heterocycles. The van der Waals surface area contributed by atoms with Crippen LogP contribution in [-0.2, 0) is 14.3 Å². The van der Waals surface area contributed by atoms with E-state index in [-0.39, 0.29) is 12.1 Å². The number of carbonyl (C=O) groups is 3. The second-order valence-corrected chi connectivity index (χ2v) is 9.26. The molecule has 0 spiro atoms. The van der Waals surface area contributed by atoms with Crippen molar-refractivity contribution in [2.45, 2.75) is 49.7 Å². The molecule has 2 aromatic rings. The van der Waals surface area contributed by atoms with Gasteiger partial charge in [-0.05, 0) is 55.5 Å². The Balaban J connectivity index is 1.52. The van der Waals surface area contributed by atoms with Crippen molar-refractivity contribution in [3.8, 4) is 11.8 Å². The van der Waals surface area contributed by atoms with E-state index in [0.29, 0.717) is 16.8 Å². The average molecular weight is 573 g/mol. The minimum absolute atomic E-state index is 0.215. The lowest BCUT2D eigenvalue weighted by Gasteiger charge is -2.40. The van der Waals surface area contributed by atoms with Crippen molar-refractivity contribution in [3.05, 3.63) is 65.2 Å². The number of carbonyl (C=O) groups excluding carboxylic acids is 3. The number of aliphatic hydroxyl groups excluding tert-OH is 5. The molecule has 0 saturated carbocycles. The molecule has 7 atom stereocenters. The van der Waals surface area contributed by atoms with Crippen LogP contribution in [0.3, 0.4) is 0 Å². The molecule has 3 amide bonds. The number of benzene rings is 2. The Morgan fingerprint density at radius 1 is 0.951 bits per heavy atom. The zero-order valence-corrected chi connectivity index (χ0v) is 21.9. The number of rotatable bonds is 9. The van der Waals surface area contributed by atoms with E-state index in [9.17, 15) is 34.8 Å². The van der Waals surface area contributed by atoms with Crippen LogP contribution in [0.25, 0.3) is 0 Å². The molecule has 0 aromatic heterocycles. The van der Waals surface area contributed by atoms with Gasteiger partial charge in [0.25, 0.3) is 11.8 Å². The van der Waals surface area contributed by atoms with Crippen LogP contribution in [-0.4, -0.2) is 104 Å². The van der Waals surface area contributed by atoms with Crippen molar-refractivity contribution < 1.29 is 49.9 Å². The van der Waals surface area contributed by atoms with Crippen molar-refractivity contribution in [3.63, 3.8) is 0 Å². The van der Waals surface area contributed by atoms with Crippen LogP contribution in [0.5, 0.6) is 0 Å². The number of hydrogen-bond donors (Lipinski definition) is 10. The molecule has 1 aliphatic rings. The van der Waals surface area contributed by atoms with Gasteiger partial charge in [-0.3, -0.25) is 24.9 Å². The zero-order valence-electron chi connectivity index (χ0n) is 21.9. The van der Waals surface area contributed by atoms with E-state index >= 15 is 0 Å². The number of ether oxygens (including phenoxy) is 1. The van der Waals surface area contributed by atoms with Crippen LogP contribution in [0.15, 0.2) is 48.5 Å². The molecular formula is C27H32N4O10. The summed E-state index contributed by atoms with van der Waals surface area (Å²) in [5, 5.41) is 65.2. The van der Waals surface area contributed by atoms with Crippen LogP contribution in [0, 0.1) is 11.8 Å². The predicted molar refractivity (Wildman–Crippen MR) is 142 cm³/mol. The molecule has 41 heavy (non-hydrogen) atoms. The summed E-state index contributed by atoms with van der Waals surface area (Å²) in [4.78, 5) is 36.3. The Bertz CT molecular complexity index is 1260. The Labute approximate surface area is 234 Å². The van der Waals surface area contributed by atoms with Crippen molar-refractivity contribution in [1.82, 2.24) is 16.1 Å². The highest BCUT2D eigenvalue weighted by atomic mass is 16.6. The molecule has 0 aliphatic carbocycles. The first kappa shape index (κ1) is 31.6. The molecule has 1 saturated heterocycles. The molecule has 3 rings (SSSR count). The minimum Gasteiger partial charge on any atom is -0.394 e. The summed E-state index contributed by atoms with van der Waals surface area (Å²) in [7, 11) is 0. The quantitative estimate of drug-likeness (QED) is 0.0851. The largest absolute Gasteiger partial charge is 0.394 e. The van der Waals surface area contributed by atoms with Crippen molar-refractivity contribution in [1.29, 1.82) is 0 Å². The first-order valence-electron chi connectivity index (χ1n) is 12.5. The predicted octanol–water partition coefficient (Wildman–Crippen LogP) is -2.60. The van der Waals surface area contributed by atoms with Crippen LogP contribution >= 0.6 is 0 Å². The molecular weight excluding hydrogens is 540 g/mol. The summed E-state index contributed by atoms with van der Waals surface area (Å²) >= 11 is 0. The monoisotopic (exact) mass is 572 g/mol. The van der Waals surface area contributed by atoms with E-state index in [0.717, 1.165) is 0 Å². The van der Waals surface area contributed by atoms with Gasteiger partial charge in [-0.25, -0.2) is 5.48 Å². The molecule has 1 heterocycles. The lowest BCUT2D eigenvalue weighted by molar-refractivity contribution is -0.254. The average Bonchev–Trinajstić information content (AvgIpc) is 2.96. The molecule has 220 valence electrons. The number of nitrogens with one attached hydrogen (secondary N) is 4. The SMILES string of the molecule is C[C@@H](O)[C@H](NC(=O)c1ccc(C#Cc2ccc(NC(=O)CN[C@H]3C(O)O[C@H](CO)[C@@H](O)[C@@H]3O)cc2)cc1)C(=O)NO. The normalized spacial score (nSPS) is 23.3. The molecule has 0 bridgehead atoms. The van der Waals surface area contributed by atoms with Gasteiger partial charge in [-0.15, -0.1) is 0 Å². The lowest BCUT2D eigenvalue weighted by atomic mass is 9.97. The van der Waals surface area contributed by atoms with Gasteiger partial charge in [0.15, 0.2) is 6.29 Å². The van der Waals surface area contributed by atoms with E-state index in [1.54, 1.807) is 36.4 Å². The smallest absolute Gasteiger partial charge is 0.268 e. The van der Waals surface area contributed by atoms with E-state index in [1.165, 1.54) is 24.5 Å². The van der Waals surface area contributed by atoms with E-state index in [2.05, 4.69) is 27.8 Å². The number of hydrogen-bond acceptors (Lipinski definition) is 11. The third-order valence-corrected chi connectivity index (χ3v) is 6.23. The minimum atomic E-state index is -1.54. The fourth-order valence-corrected chi connectivity index (χ4v) is 3.92. The standard InChI is InChI=1S/C27H32N4O10/c1-14(33)21(26(38)31-40)30-25(37)17-8-4-15(5-9-17)2-3-16-6-10-18(11-7-16)29-20(34)12-28-22-24(36)23(35)19(13-32)41-27(22)39/h4-11,14,19,21-24,27-28,32-33,35-36,39-40H,12-13H2,1H3,(H,29,34)(H,30,37)(H,31,38)/t14-,19-,21+,22-,23-,24-,27?/m1/s1. The van der Waals surface area contributed by atoms with Crippen molar-refractivity contribution >= 4 is 23.4 Å².